The topological polar surface area (TPSA) is 17.1 Å². The standard InChI is InChI=1S/C12H12Cl2O/c13-10-5-4-8(6-11(10)14)7-12(15)9-2-1-3-9/h4-6,9H,1-3,7H2. The molecule has 1 saturated carbocycles. The molecule has 1 aliphatic carbocycles. The van der Waals surface area contributed by atoms with Crippen molar-refractivity contribution in [1.82, 2.24) is 0 Å². The van der Waals surface area contributed by atoms with Crippen molar-refractivity contribution < 1.29 is 4.79 Å². The molecule has 0 spiro atoms. The fraction of sp³-hybridized carbons (Fsp3) is 0.417. The fourth-order valence-corrected chi connectivity index (χ4v) is 2.05. The van der Waals surface area contributed by atoms with Crippen LogP contribution in [0.4, 0.5) is 0 Å². The Morgan fingerprint density at radius 3 is 2.53 bits per heavy atom. The van der Waals surface area contributed by atoms with Gasteiger partial charge in [-0.1, -0.05) is 35.7 Å². The zero-order valence-corrected chi connectivity index (χ0v) is 9.81. The molecule has 1 aliphatic rings. The molecule has 0 atom stereocenters. The molecule has 0 N–H and O–H groups in total. The van der Waals surface area contributed by atoms with Crippen LogP contribution in [0.1, 0.15) is 24.8 Å². The maximum Gasteiger partial charge on any atom is 0.140 e. The number of carbonyl (C=O) groups is 1. The quantitative estimate of drug-likeness (QED) is 0.786. The van der Waals surface area contributed by atoms with Gasteiger partial charge in [-0.3, -0.25) is 4.79 Å². The summed E-state index contributed by atoms with van der Waals surface area (Å²) in [4.78, 5) is 11.7. The predicted octanol–water partition coefficient (Wildman–Crippen LogP) is 3.91. The van der Waals surface area contributed by atoms with Crippen LogP contribution in [0.3, 0.4) is 0 Å². The lowest BCUT2D eigenvalue weighted by Crippen LogP contribution is -2.23. The zero-order valence-electron chi connectivity index (χ0n) is 8.30. The number of Topliss-reactive ketones (excluding diaryl/α,β-unsaturated/α-hetero) is 1. The van der Waals surface area contributed by atoms with Gasteiger partial charge in [-0.15, -0.1) is 0 Å². The molecule has 15 heavy (non-hydrogen) atoms. The second kappa shape index (κ2) is 4.54. The van der Waals surface area contributed by atoms with Crippen LogP contribution in [0.25, 0.3) is 0 Å². The first-order chi connectivity index (χ1) is 7.16. The second-order valence-corrected chi connectivity index (χ2v) is 4.83. The predicted molar refractivity (Wildman–Crippen MR) is 62.5 cm³/mol. The summed E-state index contributed by atoms with van der Waals surface area (Å²) in [7, 11) is 0. The summed E-state index contributed by atoms with van der Waals surface area (Å²) in [5.41, 5.74) is 0.960. The highest BCUT2D eigenvalue weighted by Crippen LogP contribution is 2.29. The molecule has 1 nitrogen and oxygen atoms in total. The van der Waals surface area contributed by atoms with Crippen molar-refractivity contribution in [2.45, 2.75) is 25.7 Å². The molecule has 0 heterocycles. The van der Waals surface area contributed by atoms with E-state index in [9.17, 15) is 4.79 Å². The van der Waals surface area contributed by atoms with Crippen molar-refractivity contribution in [2.24, 2.45) is 5.92 Å². The molecule has 1 aromatic carbocycles. The van der Waals surface area contributed by atoms with E-state index in [0.717, 1.165) is 18.4 Å². The van der Waals surface area contributed by atoms with Crippen LogP contribution < -0.4 is 0 Å². The third-order valence-electron chi connectivity index (χ3n) is 2.92. The van der Waals surface area contributed by atoms with Crippen molar-refractivity contribution in [3.8, 4) is 0 Å². The van der Waals surface area contributed by atoms with E-state index in [2.05, 4.69) is 0 Å². The number of carbonyl (C=O) groups excluding carboxylic acids is 1. The summed E-state index contributed by atoms with van der Waals surface area (Å²) in [6.45, 7) is 0. The van der Waals surface area contributed by atoms with Gasteiger partial charge in [0, 0.05) is 12.3 Å². The van der Waals surface area contributed by atoms with Gasteiger partial charge in [0.25, 0.3) is 0 Å². The molecular formula is C12H12Cl2O. The molecular weight excluding hydrogens is 231 g/mol. The first kappa shape index (κ1) is 11.0. The van der Waals surface area contributed by atoms with Gasteiger partial charge in [0.2, 0.25) is 0 Å². The zero-order chi connectivity index (χ0) is 10.8. The smallest absolute Gasteiger partial charge is 0.140 e. The third-order valence-corrected chi connectivity index (χ3v) is 3.66. The van der Waals surface area contributed by atoms with E-state index >= 15 is 0 Å². The highest BCUT2D eigenvalue weighted by Gasteiger charge is 2.24. The van der Waals surface area contributed by atoms with Crippen molar-refractivity contribution in [3.63, 3.8) is 0 Å². The summed E-state index contributed by atoms with van der Waals surface area (Å²) in [5, 5.41) is 1.06. The van der Waals surface area contributed by atoms with Gasteiger partial charge in [0.05, 0.1) is 10.0 Å². The van der Waals surface area contributed by atoms with E-state index in [1.165, 1.54) is 6.42 Å². The van der Waals surface area contributed by atoms with Gasteiger partial charge in [0.15, 0.2) is 0 Å². The maximum atomic E-state index is 11.7. The molecule has 3 heteroatoms. The number of benzene rings is 1. The van der Waals surface area contributed by atoms with E-state index in [0.29, 0.717) is 28.2 Å². The Bertz CT molecular complexity index is 383. The second-order valence-electron chi connectivity index (χ2n) is 4.02. The highest BCUT2D eigenvalue weighted by atomic mass is 35.5. The largest absolute Gasteiger partial charge is 0.299 e. The fourth-order valence-electron chi connectivity index (χ4n) is 1.73. The van der Waals surface area contributed by atoms with Crippen molar-refractivity contribution in [3.05, 3.63) is 33.8 Å². The lowest BCUT2D eigenvalue weighted by atomic mass is 9.80. The number of rotatable bonds is 3. The molecule has 0 aromatic heterocycles. The van der Waals surface area contributed by atoms with Gasteiger partial charge in [-0.2, -0.15) is 0 Å². The maximum absolute atomic E-state index is 11.7. The lowest BCUT2D eigenvalue weighted by Gasteiger charge is -2.23. The van der Waals surface area contributed by atoms with Crippen LogP contribution in [0, 0.1) is 5.92 Å². The first-order valence-corrected chi connectivity index (χ1v) is 5.89. The molecule has 1 aromatic rings. The van der Waals surface area contributed by atoms with Crippen LogP contribution in [0.5, 0.6) is 0 Å². The van der Waals surface area contributed by atoms with Gasteiger partial charge in [-0.05, 0) is 30.5 Å². The number of hydrogen-bond donors (Lipinski definition) is 0. The molecule has 0 saturated heterocycles. The minimum atomic E-state index is 0.291. The SMILES string of the molecule is O=C(Cc1ccc(Cl)c(Cl)c1)C1CCC1. The molecule has 0 amide bonds. The van der Waals surface area contributed by atoms with Crippen LogP contribution in [0.15, 0.2) is 18.2 Å². The van der Waals surface area contributed by atoms with Crippen LogP contribution in [-0.2, 0) is 11.2 Å². The first-order valence-electron chi connectivity index (χ1n) is 5.13. The minimum Gasteiger partial charge on any atom is -0.299 e. The summed E-state index contributed by atoms with van der Waals surface area (Å²) < 4.78 is 0. The van der Waals surface area contributed by atoms with Crippen LogP contribution in [-0.4, -0.2) is 5.78 Å². The molecule has 0 bridgehead atoms. The van der Waals surface area contributed by atoms with Crippen LogP contribution >= 0.6 is 23.2 Å². The molecule has 0 unspecified atom stereocenters. The Labute approximate surface area is 99.4 Å². The van der Waals surface area contributed by atoms with E-state index in [1.54, 1.807) is 12.1 Å². The normalized spacial score (nSPS) is 16.1. The molecule has 1 fully saturated rings. The highest BCUT2D eigenvalue weighted by molar-refractivity contribution is 6.42. The molecule has 0 aliphatic heterocycles. The van der Waals surface area contributed by atoms with E-state index in [1.807, 2.05) is 6.07 Å². The van der Waals surface area contributed by atoms with Gasteiger partial charge in [-0.25, -0.2) is 0 Å². The van der Waals surface area contributed by atoms with Crippen molar-refractivity contribution in [2.75, 3.05) is 0 Å². The van der Waals surface area contributed by atoms with Crippen LogP contribution in [0.2, 0.25) is 10.0 Å². The lowest BCUT2D eigenvalue weighted by molar-refractivity contribution is -0.124. The molecule has 0 radical (unpaired) electrons. The van der Waals surface area contributed by atoms with Gasteiger partial charge >= 0.3 is 0 Å². The Hall–Kier alpha value is -0.530. The number of ketones is 1. The average molecular weight is 243 g/mol. The molecule has 2 rings (SSSR count). The number of halogens is 2. The van der Waals surface area contributed by atoms with Crippen molar-refractivity contribution >= 4 is 29.0 Å². The number of hydrogen-bond acceptors (Lipinski definition) is 1. The Morgan fingerprint density at radius 1 is 1.27 bits per heavy atom. The van der Waals surface area contributed by atoms with E-state index < -0.39 is 0 Å². The van der Waals surface area contributed by atoms with Gasteiger partial charge in [0.1, 0.15) is 5.78 Å². The Balaban J connectivity index is 2.03. The third kappa shape index (κ3) is 2.53. The average Bonchev–Trinajstić information content (AvgIpc) is 2.08. The Morgan fingerprint density at radius 2 is 2.00 bits per heavy atom. The summed E-state index contributed by atoms with van der Waals surface area (Å²) in [5.74, 6) is 0.624. The van der Waals surface area contributed by atoms with E-state index in [4.69, 9.17) is 23.2 Å². The van der Waals surface area contributed by atoms with Crippen molar-refractivity contribution in [1.29, 1.82) is 0 Å². The minimum absolute atomic E-state index is 0.291. The summed E-state index contributed by atoms with van der Waals surface area (Å²) in [6.07, 6.45) is 3.79. The Kier molecular flexibility index (Phi) is 3.32. The van der Waals surface area contributed by atoms with E-state index in [-0.39, 0.29) is 0 Å². The summed E-state index contributed by atoms with van der Waals surface area (Å²) in [6, 6.07) is 5.39. The van der Waals surface area contributed by atoms with Gasteiger partial charge < -0.3 is 0 Å². The monoisotopic (exact) mass is 242 g/mol. The molecule has 80 valence electrons. The summed E-state index contributed by atoms with van der Waals surface area (Å²) >= 11 is 11.7.